The smallest absolute Gasteiger partial charge is 0.306 e. The summed E-state index contributed by atoms with van der Waals surface area (Å²) < 4.78 is 0. The minimum Gasteiger partial charge on any atom is -0.481 e. The number of amides is 1. The van der Waals surface area contributed by atoms with E-state index in [1.807, 2.05) is 6.92 Å². The Morgan fingerprint density at radius 2 is 1.95 bits per heavy atom. The summed E-state index contributed by atoms with van der Waals surface area (Å²) in [7, 11) is 0. The van der Waals surface area contributed by atoms with Crippen LogP contribution in [0.15, 0.2) is 0 Å². The zero-order valence-electron chi connectivity index (χ0n) is 11.4. The average molecular weight is 272 g/mol. The molecule has 1 rings (SSSR count). The molecule has 1 saturated carbocycles. The largest absolute Gasteiger partial charge is 0.481 e. The molecular weight excluding hydrogens is 248 g/mol. The summed E-state index contributed by atoms with van der Waals surface area (Å²) in [4.78, 5) is 22.2. The van der Waals surface area contributed by atoms with Crippen LogP contribution in [-0.4, -0.2) is 47.3 Å². The van der Waals surface area contributed by atoms with Gasteiger partial charge < -0.3 is 20.8 Å². The fourth-order valence-electron chi connectivity index (χ4n) is 2.31. The third-order valence-corrected chi connectivity index (χ3v) is 3.58. The van der Waals surface area contributed by atoms with Gasteiger partial charge in [0.2, 0.25) is 5.91 Å². The predicted octanol–water partition coefficient (Wildman–Crippen LogP) is 0.108. The molecule has 0 bridgehead atoms. The monoisotopic (exact) mass is 272 g/mol. The third-order valence-electron chi connectivity index (χ3n) is 3.58. The summed E-state index contributed by atoms with van der Waals surface area (Å²) in [6.45, 7) is 3.16. The van der Waals surface area contributed by atoms with Crippen molar-refractivity contribution < 1.29 is 19.8 Å². The van der Waals surface area contributed by atoms with Crippen molar-refractivity contribution in [3.63, 3.8) is 0 Å². The van der Waals surface area contributed by atoms with E-state index >= 15 is 0 Å². The van der Waals surface area contributed by atoms with Crippen molar-refractivity contribution in [2.24, 2.45) is 5.92 Å². The zero-order valence-corrected chi connectivity index (χ0v) is 11.4. The summed E-state index contributed by atoms with van der Waals surface area (Å²) in [5, 5.41) is 24.8. The predicted molar refractivity (Wildman–Crippen MR) is 70.7 cm³/mol. The highest BCUT2D eigenvalue weighted by Crippen LogP contribution is 2.31. The van der Waals surface area contributed by atoms with Crippen molar-refractivity contribution >= 4 is 11.9 Å². The Morgan fingerprint density at radius 1 is 1.32 bits per heavy atom. The molecule has 19 heavy (non-hydrogen) atoms. The van der Waals surface area contributed by atoms with E-state index in [4.69, 9.17) is 5.11 Å². The van der Waals surface area contributed by atoms with E-state index in [-0.39, 0.29) is 18.4 Å². The SMILES string of the molecule is CCCNC(=O)CNCC1(O)CCC(C(=O)O)CC1. The molecule has 1 aliphatic rings. The molecule has 4 N–H and O–H groups in total. The lowest BCUT2D eigenvalue weighted by Crippen LogP contribution is -2.46. The molecule has 0 aromatic rings. The molecule has 0 spiro atoms. The van der Waals surface area contributed by atoms with Crippen molar-refractivity contribution in [3.8, 4) is 0 Å². The van der Waals surface area contributed by atoms with E-state index in [0.717, 1.165) is 6.42 Å². The maximum absolute atomic E-state index is 11.4. The number of hydrogen-bond acceptors (Lipinski definition) is 4. The molecule has 0 saturated heterocycles. The van der Waals surface area contributed by atoms with Crippen molar-refractivity contribution in [2.75, 3.05) is 19.6 Å². The Kier molecular flexibility index (Phi) is 6.24. The fraction of sp³-hybridized carbons (Fsp3) is 0.846. The molecule has 0 radical (unpaired) electrons. The first-order chi connectivity index (χ1) is 8.97. The quantitative estimate of drug-likeness (QED) is 0.527. The van der Waals surface area contributed by atoms with Gasteiger partial charge in [-0.2, -0.15) is 0 Å². The lowest BCUT2D eigenvalue weighted by Gasteiger charge is -2.34. The molecule has 0 aromatic carbocycles. The van der Waals surface area contributed by atoms with Gasteiger partial charge in [-0.15, -0.1) is 0 Å². The zero-order chi connectivity index (χ0) is 14.3. The van der Waals surface area contributed by atoms with Gasteiger partial charge >= 0.3 is 5.97 Å². The highest BCUT2D eigenvalue weighted by Gasteiger charge is 2.35. The van der Waals surface area contributed by atoms with Crippen LogP contribution >= 0.6 is 0 Å². The van der Waals surface area contributed by atoms with Crippen molar-refractivity contribution in [1.29, 1.82) is 0 Å². The number of carboxylic acids is 1. The molecule has 0 heterocycles. The van der Waals surface area contributed by atoms with E-state index in [2.05, 4.69) is 10.6 Å². The highest BCUT2D eigenvalue weighted by atomic mass is 16.4. The second kappa shape index (κ2) is 7.45. The minimum atomic E-state index is -0.878. The third kappa shape index (κ3) is 5.57. The van der Waals surface area contributed by atoms with Crippen LogP contribution in [0, 0.1) is 5.92 Å². The number of aliphatic carboxylic acids is 1. The second-order valence-corrected chi connectivity index (χ2v) is 5.29. The first kappa shape index (κ1) is 15.9. The van der Waals surface area contributed by atoms with Gasteiger partial charge in [0.15, 0.2) is 0 Å². The lowest BCUT2D eigenvalue weighted by atomic mass is 9.79. The van der Waals surface area contributed by atoms with Crippen molar-refractivity contribution in [3.05, 3.63) is 0 Å². The molecule has 6 nitrogen and oxygen atoms in total. The number of carboxylic acid groups (broad SMARTS) is 1. The Balaban J connectivity index is 2.22. The molecular formula is C13H24N2O4. The fourth-order valence-corrected chi connectivity index (χ4v) is 2.31. The second-order valence-electron chi connectivity index (χ2n) is 5.29. The molecule has 1 fully saturated rings. The normalized spacial score (nSPS) is 26.9. The van der Waals surface area contributed by atoms with Gasteiger partial charge in [0.25, 0.3) is 0 Å². The maximum Gasteiger partial charge on any atom is 0.306 e. The van der Waals surface area contributed by atoms with Crippen LogP contribution in [0.4, 0.5) is 0 Å². The number of rotatable bonds is 7. The lowest BCUT2D eigenvalue weighted by molar-refractivity contribution is -0.144. The van der Waals surface area contributed by atoms with E-state index in [0.29, 0.717) is 38.8 Å². The molecule has 6 heteroatoms. The van der Waals surface area contributed by atoms with Gasteiger partial charge in [0.05, 0.1) is 18.1 Å². The van der Waals surface area contributed by atoms with Gasteiger partial charge in [-0.25, -0.2) is 0 Å². The molecule has 1 amide bonds. The molecule has 0 atom stereocenters. The van der Waals surface area contributed by atoms with Gasteiger partial charge in [-0.3, -0.25) is 9.59 Å². The van der Waals surface area contributed by atoms with Crippen LogP contribution < -0.4 is 10.6 Å². The first-order valence-electron chi connectivity index (χ1n) is 6.89. The first-order valence-corrected chi connectivity index (χ1v) is 6.89. The van der Waals surface area contributed by atoms with E-state index in [9.17, 15) is 14.7 Å². The van der Waals surface area contributed by atoms with Gasteiger partial charge in [0, 0.05) is 13.1 Å². The number of carbonyl (C=O) groups is 2. The standard InChI is InChI=1S/C13H24N2O4/c1-2-7-15-11(16)8-14-9-13(19)5-3-10(4-6-13)12(17)18/h10,14,19H,2-9H2,1H3,(H,15,16)(H,17,18). The van der Waals surface area contributed by atoms with Crippen molar-refractivity contribution in [1.82, 2.24) is 10.6 Å². The Morgan fingerprint density at radius 3 is 2.47 bits per heavy atom. The van der Waals surface area contributed by atoms with Crippen LogP contribution in [0.2, 0.25) is 0 Å². The topological polar surface area (TPSA) is 98.7 Å². The minimum absolute atomic E-state index is 0.0790. The van der Waals surface area contributed by atoms with Crippen LogP contribution in [0.3, 0.4) is 0 Å². The number of aliphatic hydroxyl groups is 1. The van der Waals surface area contributed by atoms with Crippen LogP contribution in [0.25, 0.3) is 0 Å². The number of carbonyl (C=O) groups excluding carboxylic acids is 1. The Hall–Kier alpha value is -1.14. The van der Waals surface area contributed by atoms with Crippen LogP contribution in [-0.2, 0) is 9.59 Å². The Labute approximate surface area is 113 Å². The summed E-state index contributed by atoms with van der Waals surface area (Å²) in [6.07, 6.45) is 2.82. The summed E-state index contributed by atoms with van der Waals surface area (Å²) >= 11 is 0. The van der Waals surface area contributed by atoms with E-state index < -0.39 is 11.6 Å². The summed E-state index contributed by atoms with van der Waals surface area (Å²) in [6, 6.07) is 0. The van der Waals surface area contributed by atoms with E-state index in [1.165, 1.54) is 0 Å². The average Bonchev–Trinajstić information content (AvgIpc) is 2.36. The molecule has 0 aliphatic heterocycles. The highest BCUT2D eigenvalue weighted by molar-refractivity contribution is 5.77. The summed E-state index contributed by atoms with van der Waals surface area (Å²) in [5.74, 6) is -1.20. The van der Waals surface area contributed by atoms with Crippen LogP contribution in [0.5, 0.6) is 0 Å². The molecule has 0 aromatic heterocycles. The number of hydrogen-bond donors (Lipinski definition) is 4. The van der Waals surface area contributed by atoms with Gasteiger partial charge in [0.1, 0.15) is 0 Å². The number of nitrogens with one attached hydrogen (secondary N) is 2. The summed E-state index contributed by atoms with van der Waals surface area (Å²) in [5.41, 5.74) is -0.878. The molecule has 110 valence electrons. The van der Waals surface area contributed by atoms with E-state index in [1.54, 1.807) is 0 Å². The molecule has 0 unspecified atom stereocenters. The maximum atomic E-state index is 11.4. The molecule has 1 aliphatic carbocycles. The van der Waals surface area contributed by atoms with Crippen molar-refractivity contribution in [2.45, 2.75) is 44.6 Å². The Bertz CT molecular complexity index is 312. The van der Waals surface area contributed by atoms with Crippen LogP contribution in [0.1, 0.15) is 39.0 Å². The van der Waals surface area contributed by atoms with Gasteiger partial charge in [-0.1, -0.05) is 6.92 Å². The van der Waals surface area contributed by atoms with Gasteiger partial charge in [-0.05, 0) is 32.1 Å².